The summed E-state index contributed by atoms with van der Waals surface area (Å²) < 4.78 is 2.45. The summed E-state index contributed by atoms with van der Waals surface area (Å²) in [6.45, 7) is 4.72. The lowest BCUT2D eigenvalue weighted by Gasteiger charge is -2.22. The number of aromatic nitrogens is 1. The number of hydrogen-bond donors (Lipinski definition) is 0. The molecule has 10 aromatic rings. The molecule has 0 saturated carbocycles. The van der Waals surface area contributed by atoms with Crippen LogP contribution >= 0.6 is 0 Å². The molecule has 1 aliphatic carbocycles. The second-order valence-corrected chi connectivity index (χ2v) is 15.7. The Labute approximate surface area is 321 Å². The van der Waals surface area contributed by atoms with Crippen LogP contribution in [-0.4, -0.2) is 4.57 Å². The molecule has 0 spiro atoms. The quantitative estimate of drug-likeness (QED) is 0.157. The van der Waals surface area contributed by atoms with Gasteiger partial charge in [0.05, 0.1) is 11.0 Å². The number of fused-ring (bicyclic) bond motifs is 9. The Bertz CT molecular complexity index is 3130. The van der Waals surface area contributed by atoms with Crippen molar-refractivity contribution in [2.45, 2.75) is 25.7 Å². The summed E-state index contributed by atoms with van der Waals surface area (Å²) in [5.74, 6) is 0. The highest BCUT2D eigenvalue weighted by atomic mass is 15.0. The third-order valence-corrected chi connectivity index (χ3v) is 12.2. The fourth-order valence-electron chi connectivity index (χ4n) is 9.54. The van der Waals surface area contributed by atoms with Gasteiger partial charge in [0.15, 0.2) is 0 Å². The molecule has 1 aliphatic rings. The molecule has 1 heterocycles. The molecule has 1 nitrogen and oxygen atoms in total. The number of benzene rings is 9. The summed E-state index contributed by atoms with van der Waals surface area (Å²) in [7, 11) is 0. The summed E-state index contributed by atoms with van der Waals surface area (Å²) in [5, 5.41) is 7.72. The van der Waals surface area contributed by atoms with Crippen molar-refractivity contribution in [2.75, 3.05) is 0 Å². The predicted molar refractivity (Wildman–Crippen MR) is 233 cm³/mol. The maximum Gasteiger partial charge on any atom is 0.0547 e. The first-order chi connectivity index (χ1) is 27.0. The van der Waals surface area contributed by atoms with E-state index in [0.717, 1.165) is 12.1 Å². The van der Waals surface area contributed by atoms with Gasteiger partial charge in [-0.2, -0.15) is 0 Å². The fourth-order valence-corrected chi connectivity index (χ4v) is 9.54. The van der Waals surface area contributed by atoms with Crippen LogP contribution in [-0.2, 0) is 11.8 Å². The molecule has 0 N–H and O–H groups in total. The highest BCUT2D eigenvalue weighted by Crippen LogP contribution is 2.50. The standard InChI is InChI=1S/C54H39N/c1-54(2)49-23-12-11-20-45(49)46-27-24-37(33-50(46)54)36-26-29-51-48(32-36)47-28-25-39(34-52(47)55(51)41-17-7-4-8-18-41)43-21-13-22-44-40(30-35-14-5-3-6-15-35)31-38-16-9-10-19-42(38)53(43)44/h3-29,31-34H,30H2,1-2H3. The third kappa shape index (κ3) is 4.93. The van der Waals surface area contributed by atoms with Crippen LogP contribution in [0.4, 0.5) is 0 Å². The van der Waals surface area contributed by atoms with Crippen molar-refractivity contribution in [2.24, 2.45) is 0 Å². The zero-order valence-corrected chi connectivity index (χ0v) is 31.1. The first-order valence-corrected chi connectivity index (χ1v) is 19.4. The number of hydrogen-bond acceptors (Lipinski definition) is 0. The number of nitrogens with zero attached hydrogens (tertiary/aromatic N) is 1. The molecule has 0 radical (unpaired) electrons. The Morgan fingerprint density at radius 2 is 1.09 bits per heavy atom. The molecule has 260 valence electrons. The first kappa shape index (κ1) is 31.8. The molecule has 1 aromatic heterocycles. The maximum atomic E-state index is 2.45. The normalized spacial score (nSPS) is 13.1. The second-order valence-electron chi connectivity index (χ2n) is 15.7. The van der Waals surface area contributed by atoms with E-state index in [1.54, 1.807) is 0 Å². The first-order valence-electron chi connectivity index (χ1n) is 19.4. The van der Waals surface area contributed by atoms with Gasteiger partial charge in [-0.25, -0.2) is 0 Å². The van der Waals surface area contributed by atoms with Gasteiger partial charge in [-0.1, -0.05) is 166 Å². The van der Waals surface area contributed by atoms with Crippen molar-refractivity contribution in [3.8, 4) is 39.1 Å². The molecule has 11 rings (SSSR count). The van der Waals surface area contributed by atoms with Gasteiger partial charge in [0.2, 0.25) is 0 Å². The second kappa shape index (κ2) is 12.2. The Kier molecular flexibility index (Phi) is 7.03. The Hall–Kier alpha value is -6.70. The average Bonchev–Trinajstić information content (AvgIpc) is 3.68. The van der Waals surface area contributed by atoms with Crippen LogP contribution in [0.1, 0.15) is 36.1 Å². The van der Waals surface area contributed by atoms with Gasteiger partial charge in [-0.3, -0.25) is 0 Å². The predicted octanol–water partition coefficient (Wildman–Crippen LogP) is 14.3. The zero-order chi connectivity index (χ0) is 36.7. The van der Waals surface area contributed by atoms with E-state index in [9.17, 15) is 0 Å². The smallest absolute Gasteiger partial charge is 0.0547 e. The van der Waals surface area contributed by atoms with E-state index in [-0.39, 0.29) is 5.41 Å². The molecule has 0 aliphatic heterocycles. The van der Waals surface area contributed by atoms with Crippen LogP contribution in [0.5, 0.6) is 0 Å². The minimum absolute atomic E-state index is 0.0407. The third-order valence-electron chi connectivity index (χ3n) is 12.2. The number of para-hydroxylation sites is 1. The molecule has 0 unspecified atom stereocenters. The van der Waals surface area contributed by atoms with Crippen LogP contribution in [0.15, 0.2) is 188 Å². The molecular formula is C54H39N. The summed E-state index contributed by atoms with van der Waals surface area (Å²) in [6, 6.07) is 69.9. The average molecular weight is 702 g/mol. The van der Waals surface area contributed by atoms with Gasteiger partial charge in [0.1, 0.15) is 0 Å². The minimum atomic E-state index is -0.0407. The van der Waals surface area contributed by atoms with E-state index in [2.05, 4.69) is 206 Å². The van der Waals surface area contributed by atoms with Gasteiger partial charge in [-0.05, 0) is 120 Å². The van der Waals surface area contributed by atoms with Gasteiger partial charge in [-0.15, -0.1) is 0 Å². The van der Waals surface area contributed by atoms with Crippen molar-refractivity contribution in [1.29, 1.82) is 0 Å². The van der Waals surface area contributed by atoms with Crippen molar-refractivity contribution < 1.29 is 0 Å². The molecule has 55 heavy (non-hydrogen) atoms. The van der Waals surface area contributed by atoms with Gasteiger partial charge in [0.25, 0.3) is 0 Å². The molecule has 9 aromatic carbocycles. The van der Waals surface area contributed by atoms with Crippen LogP contribution < -0.4 is 0 Å². The van der Waals surface area contributed by atoms with Gasteiger partial charge in [0, 0.05) is 21.9 Å². The molecule has 1 heteroatoms. The summed E-state index contributed by atoms with van der Waals surface area (Å²) in [6.07, 6.45) is 0.893. The van der Waals surface area contributed by atoms with Crippen molar-refractivity contribution in [3.63, 3.8) is 0 Å². The highest BCUT2D eigenvalue weighted by Gasteiger charge is 2.35. The largest absolute Gasteiger partial charge is 0.309 e. The van der Waals surface area contributed by atoms with Gasteiger partial charge < -0.3 is 4.57 Å². The van der Waals surface area contributed by atoms with E-state index >= 15 is 0 Å². The monoisotopic (exact) mass is 701 g/mol. The van der Waals surface area contributed by atoms with Crippen molar-refractivity contribution >= 4 is 43.4 Å². The van der Waals surface area contributed by atoms with Crippen molar-refractivity contribution in [3.05, 3.63) is 210 Å². The van der Waals surface area contributed by atoms with Crippen LogP contribution in [0.25, 0.3) is 82.4 Å². The van der Waals surface area contributed by atoms with Crippen molar-refractivity contribution in [1.82, 2.24) is 4.57 Å². The van der Waals surface area contributed by atoms with E-state index in [1.165, 1.54) is 99.0 Å². The lowest BCUT2D eigenvalue weighted by atomic mass is 9.81. The lowest BCUT2D eigenvalue weighted by molar-refractivity contribution is 0.660. The summed E-state index contributed by atoms with van der Waals surface area (Å²) in [4.78, 5) is 0. The molecule has 0 amide bonds. The molecule has 0 fully saturated rings. The SMILES string of the molecule is CC1(C)c2ccccc2-c2ccc(-c3ccc4c(c3)c3ccc(-c5cccc6c(Cc7ccccc7)cc7ccccc7c56)cc3n4-c3ccccc3)cc21. The van der Waals surface area contributed by atoms with E-state index in [0.29, 0.717) is 0 Å². The molecular weight excluding hydrogens is 663 g/mol. The zero-order valence-electron chi connectivity index (χ0n) is 31.1. The lowest BCUT2D eigenvalue weighted by Crippen LogP contribution is -2.14. The molecule has 0 bridgehead atoms. The molecule has 0 saturated heterocycles. The van der Waals surface area contributed by atoms with Crippen LogP contribution in [0.3, 0.4) is 0 Å². The maximum absolute atomic E-state index is 2.45. The van der Waals surface area contributed by atoms with E-state index < -0.39 is 0 Å². The minimum Gasteiger partial charge on any atom is -0.309 e. The van der Waals surface area contributed by atoms with Crippen LogP contribution in [0, 0.1) is 0 Å². The Morgan fingerprint density at radius 1 is 0.418 bits per heavy atom. The Balaban J connectivity index is 1.11. The number of rotatable bonds is 5. The van der Waals surface area contributed by atoms with Gasteiger partial charge >= 0.3 is 0 Å². The Morgan fingerprint density at radius 3 is 1.96 bits per heavy atom. The summed E-state index contributed by atoms with van der Waals surface area (Å²) >= 11 is 0. The fraction of sp³-hybridized carbons (Fsp3) is 0.0741. The van der Waals surface area contributed by atoms with E-state index in [4.69, 9.17) is 0 Å². The van der Waals surface area contributed by atoms with E-state index in [1.807, 2.05) is 0 Å². The highest BCUT2D eigenvalue weighted by molar-refractivity contribution is 6.17. The molecule has 0 atom stereocenters. The topological polar surface area (TPSA) is 4.93 Å². The van der Waals surface area contributed by atoms with Crippen LogP contribution in [0.2, 0.25) is 0 Å². The summed E-state index contributed by atoms with van der Waals surface area (Å²) in [5.41, 5.74) is 16.7.